The summed E-state index contributed by atoms with van der Waals surface area (Å²) < 4.78 is 5.49. The Kier molecular flexibility index (Phi) is 7.25. The van der Waals surface area contributed by atoms with Crippen LogP contribution < -0.4 is 10.5 Å². The number of nitrogen functional groups attached to an aromatic ring is 1. The second-order valence-corrected chi connectivity index (χ2v) is 4.51. The van der Waals surface area contributed by atoms with Crippen molar-refractivity contribution >= 4 is 5.69 Å². The van der Waals surface area contributed by atoms with Crippen LogP contribution >= 0.6 is 0 Å². The smallest absolute Gasteiger partial charge is 0.121 e. The zero-order valence-corrected chi connectivity index (χ0v) is 11.5. The molecule has 108 valence electrons. The number of rotatable bonds is 9. The van der Waals surface area contributed by atoms with Crippen molar-refractivity contribution in [2.75, 3.05) is 38.6 Å². The van der Waals surface area contributed by atoms with Crippen molar-refractivity contribution in [1.82, 2.24) is 4.90 Å². The van der Waals surface area contributed by atoms with E-state index in [2.05, 4.69) is 4.90 Å². The fourth-order valence-electron chi connectivity index (χ4n) is 1.82. The zero-order valence-electron chi connectivity index (χ0n) is 11.5. The fourth-order valence-corrected chi connectivity index (χ4v) is 1.82. The van der Waals surface area contributed by atoms with Crippen LogP contribution in [0.1, 0.15) is 13.3 Å². The molecule has 0 saturated carbocycles. The maximum absolute atomic E-state index is 9.92. The van der Waals surface area contributed by atoms with Gasteiger partial charge in [0.15, 0.2) is 0 Å². The van der Waals surface area contributed by atoms with Gasteiger partial charge >= 0.3 is 0 Å². The van der Waals surface area contributed by atoms with Crippen molar-refractivity contribution in [3.05, 3.63) is 24.3 Å². The van der Waals surface area contributed by atoms with E-state index < -0.39 is 6.10 Å². The normalized spacial score (nSPS) is 12.6. The number of likely N-dealkylation sites (N-methyl/N-ethyl adjacent to an activating group) is 1. The lowest BCUT2D eigenvalue weighted by Crippen LogP contribution is -2.36. The summed E-state index contributed by atoms with van der Waals surface area (Å²) in [5, 5.41) is 18.7. The lowest BCUT2D eigenvalue weighted by Gasteiger charge is -2.23. The van der Waals surface area contributed by atoms with Crippen molar-refractivity contribution in [2.24, 2.45) is 0 Å². The van der Waals surface area contributed by atoms with Crippen molar-refractivity contribution in [2.45, 2.75) is 19.4 Å². The molecule has 0 aliphatic carbocycles. The van der Waals surface area contributed by atoms with Gasteiger partial charge in [-0.3, -0.25) is 0 Å². The largest absolute Gasteiger partial charge is 0.491 e. The number of hydrogen-bond acceptors (Lipinski definition) is 5. The van der Waals surface area contributed by atoms with Crippen molar-refractivity contribution in [1.29, 1.82) is 0 Å². The molecular weight excluding hydrogens is 244 g/mol. The summed E-state index contributed by atoms with van der Waals surface area (Å²) in [6, 6.07) is 7.15. The van der Waals surface area contributed by atoms with Crippen molar-refractivity contribution in [3.8, 4) is 5.75 Å². The summed E-state index contributed by atoms with van der Waals surface area (Å²) >= 11 is 0. The molecule has 5 heteroatoms. The number of anilines is 1. The third-order valence-corrected chi connectivity index (χ3v) is 2.85. The highest BCUT2D eigenvalue weighted by Gasteiger charge is 2.10. The van der Waals surface area contributed by atoms with E-state index in [0.717, 1.165) is 19.5 Å². The number of nitrogens with two attached hydrogens (primary N) is 1. The zero-order chi connectivity index (χ0) is 14.1. The number of hydrogen-bond donors (Lipinski definition) is 3. The van der Waals surface area contributed by atoms with Gasteiger partial charge in [-0.25, -0.2) is 0 Å². The van der Waals surface area contributed by atoms with Crippen LogP contribution in [0, 0.1) is 0 Å². The summed E-state index contributed by atoms with van der Waals surface area (Å²) in [4.78, 5) is 2.09. The minimum absolute atomic E-state index is 0.173. The first kappa shape index (κ1) is 15.8. The van der Waals surface area contributed by atoms with Crippen LogP contribution in [-0.2, 0) is 0 Å². The molecule has 0 saturated heterocycles. The predicted molar refractivity (Wildman–Crippen MR) is 76.2 cm³/mol. The van der Waals surface area contributed by atoms with E-state index in [0.29, 0.717) is 18.0 Å². The Morgan fingerprint density at radius 1 is 1.42 bits per heavy atom. The first-order valence-corrected chi connectivity index (χ1v) is 6.65. The Bertz CT molecular complexity index is 360. The van der Waals surface area contributed by atoms with Crippen LogP contribution in [0.5, 0.6) is 5.75 Å². The summed E-state index contributed by atoms with van der Waals surface area (Å²) in [6.07, 6.45) is 0.163. The first-order valence-electron chi connectivity index (χ1n) is 6.65. The molecule has 1 aromatic carbocycles. The van der Waals surface area contributed by atoms with Gasteiger partial charge in [-0.2, -0.15) is 0 Å². The van der Waals surface area contributed by atoms with Crippen LogP contribution in [0.3, 0.4) is 0 Å². The molecule has 4 N–H and O–H groups in total. The maximum atomic E-state index is 9.92. The molecule has 5 nitrogen and oxygen atoms in total. The molecule has 1 unspecified atom stereocenters. The fraction of sp³-hybridized carbons (Fsp3) is 0.571. The topological polar surface area (TPSA) is 79.0 Å². The minimum atomic E-state index is -0.555. The van der Waals surface area contributed by atoms with Gasteiger partial charge in [0.1, 0.15) is 18.5 Å². The summed E-state index contributed by atoms with van der Waals surface area (Å²) in [6.45, 7) is 4.60. The molecule has 0 bridgehead atoms. The maximum Gasteiger partial charge on any atom is 0.121 e. The Labute approximate surface area is 114 Å². The second kappa shape index (κ2) is 8.74. The van der Waals surface area contributed by atoms with Gasteiger partial charge in [-0.15, -0.1) is 0 Å². The summed E-state index contributed by atoms with van der Waals surface area (Å²) in [7, 11) is 0. The first-order chi connectivity index (χ1) is 9.15. The number of nitrogens with zero attached hydrogens (tertiary/aromatic N) is 1. The van der Waals surface area contributed by atoms with E-state index in [1.54, 1.807) is 12.1 Å². The molecule has 1 atom stereocenters. The van der Waals surface area contributed by atoms with Crippen LogP contribution in [0.25, 0.3) is 0 Å². The summed E-state index contributed by atoms with van der Waals surface area (Å²) in [5.41, 5.74) is 6.29. The number of benzene rings is 1. The Balaban J connectivity index is 2.32. The van der Waals surface area contributed by atoms with Gasteiger partial charge in [0.2, 0.25) is 0 Å². The number of aliphatic hydroxyl groups excluding tert-OH is 2. The third-order valence-electron chi connectivity index (χ3n) is 2.85. The van der Waals surface area contributed by atoms with Gasteiger partial charge in [0.25, 0.3) is 0 Å². The molecule has 0 aromatic heterocycles. The van der Waals surface area contributed by atoms with E-state index in [-0.39, 0.29) is 13.2 Å². The lowest BCUT2D eigenvalue weighted by atomic mass is 10.3. The molecule has 0 aliphatic heterocycles. The molecule has 0 aliphatic rings. The minimum Gasteiger partial charge on any atom is -0.491 e. The van der Waals surface area contributed by atoms with Gasteiger partial charge in [-0.1, -0.05) is 13.0 Å². The standard InChI is InChI=1S/C14H24N2O3/c1-2-16(7-4-8-17)10-13(18)11-19-14-6-3-5-12(15)9-14/h3,5-6,9,13,17-18H,2,4,7-8,10-11,15H2,1H3. The molecule has 0 amide bonds. The monoisotopic (exact) mass is 268 g/mol. The molecule has 1 rings (SSSR count). The Hall–Kier alpha value is -1.30. The third kappa shape index (κ3) is 6.42. The van der Waals surface area contributed by atoms with E-state index in [1.165, 1.54) is 0 Å². The summed E-state index contributed by atoms with van der Waals surface area (Å²) in [5.74, 6) is 0.664. The van der Waals surface area contributed by atoms with E-state index in [1.807, 2.05) is 19.1 Å². The average Bonchev–Trinajstić information content (AvgIpc) is 2.41. The molecule has 0 heterocycles. The van der Waals surface area contributed by atoms with Gasteiger partial charge in [0.05, 0.1) is 0 Å². The van der Waals surface area contributed by atoms with Gasteiger partial charge < -0.3 is 25.6 Å². The quantitative estimate of drug-likeness (QED) is 0.575. The van der Waals surface area contributed by atoms with E-state index in [4.69, 9.17) is 15.6 Å². The molecule has 0 radical (unpaired) electrons. The van der Waals surface area contributed by atoms with Crippen LogP contribution in [-0.4, -0.2) is 54.1 Å². The van der Waals surface area contributed by atoms with Gasteiger partial charge in [0, 0.05) is 31.5 Å². The highest BCUT2D eigenvalue weighted by atomic mass is 16.5. The SMILES string of the molecule is CCN(CCCO)CC(O)COc1cccc(N)c1. The van der Waals surface area contributed by atoms with Gasteiger partial charge in [-0.05, 0) is 25.1 Å². The van der Waals surface area contributed by atoms with Crippen molar-refractivity contribution < 1.29 is 14.9 Å². The molecule has 0 spiro atoms. The van der Waals surface area contributed by atoms with E-state index in [9.17, 15) is 5.11 Å². The highest BCUT2D eigenvalue weighted by Crippen LogP contribution is 2.14. The Morgan fingerprint density at radius 3 is 2.84 bits per heavy atom. The average molecular weight is 268 g/mol. The molecule has 0 fully saturated rings. The number of ether oxygens (including phenoxy) is 1. The van der Waals surface area contributed by atoms with E-state index >= 15 is 0 Å². The molecular formula is C14H24N2O3. The molecule has 19 heavy (non-hydrogen) atoms. The predicted octanol–water partition coefficient (Wildman–Crippen LogP) is 0.713. The molecule has 1 aromatic rings. The highest BCUT2D eigenvalue weighted by molar-refractivity contribution is 5.43. The Morgan fingerprint density at radius 2 is 2.21 bits per heavy atom. The van der Waals surface area contributed by atoms with Crippen LogP contribution in [0.15, 0.2) is 24.3 Å². The number of aliphatic hydroxyl groups is 2. The van der Waals surface area contributed by atoms with Crippen LogP contribution in [0.2, 0.25) is 0 Å². The van der Waals surface area contributed by atoms with Crippen LogP contribution in [0.4, 0.5) is 5.69 Å². The lowest BCUT2D eigenvalue weighted by molar-refractivity contribution is 0.0677. The van der Waals surface area contributed by atoms with Crippen molar-refractivity contribution in [3.63, 3.8) is 0 Å². The second-order valence-electron chi connectivity index (χ2n) is 4.51.